The molecule has 1 N–H and O–H groups in total. The van der Waals surface area contributed by atoms with Crippen molar-refractivity contribution in [2.75, 3.05) is 7.11 Å². The van der Waals surface area contributed by atoms with Crippen LogP contribution in [0.15, 0.2) is 40.9 Å². The fourth-order valence-corrected chi connectivity index (χ4v) is 3.10. The molecule has 0 saturated heterocycles. The van der Waals surface area contributed by atoms with Crippen LogP contribution in [-0.4, -0.2) is 16.7 Å². The number of nitrogens with zero attached hydrogens (tertiary/aromatic N) is 1. The van der Waals surface area contributed by atoms with Gasteiger partial charge in [0.15, 0.2) is 4.77 Å². The maximum absolute atomic E-state index is 5.46. The summed E-state index contributed by atoms with van der Waals surface area (Å²) in [6.07, 6.45) is 0. The first-order valence-electron chi connectivity index (χ1n) is 6.15. The number of methoxy groups -OCH3 is 1. The minimum atomic E-state index is 0.679. The van der Waals surface area contributed by atoms with E-state index in [4.69, 9.17) is 17.0 Å². The topological polar surface area (TPSA) is 29.9 Å². The number of ether oxygens (including phenoxy) is 1. The van der Waals surface area contributed by atoms with Crippen molar-refractivity contribution in [3.05, 3.63) is 51.2 Å². The molecule has 0 aliphatic carbocycles. The van der Waals surface area contributed by atoms with E-state index in [0.717, 1.165) is 32.5 Å². The molecule has 0 spiro atoms. The van der Waals surface area contributed by atoms with E-state index < -0.39 is 0 Å². The standard InChI is InChI=1S/C15H13BrN2OS/c1-9-7-10(16)3-6-13(9)18-14-8-11(19-2)4-5-12(14)17-15(18)20/h3-8H,1-2H3,(H,17,20). The number of hydrogen-bond donors (Lipinski definition) is 1. The number of imidazole rings is 1. The molecule has 0 aliphatic rings. The first-order valence-corrected chi connectivity index (χ1v) is 7.35. The molecule has 102 valence electrons. The number of fused-ring (bicyclic) bond motifs is 1. The molecule has 5 heteroatoms. The Kier molecular flexibility index (Phi) is 3.40. The minimum Gasteiger partial charge on any atom is -0.497 e. The molecular weight excluding hydrogens is 336 g/mol. The summed E-state index contributed by atoms with van der Waals surface area (Å²) in [5.41, 5.74) is 4.23. The summed E-state index contributed by atoms with van der Waals surface area (Å²) in [6.45, 7) is 2.07. The highest BCUT2D eigenvalue weighted by molar-refractivity contribution is 9.10. The molecule has 3 rings (SSSR count). The minimum absolute atomic E-state index is 0.679. The summed E-state index contributed by atoms with van der Waals surface area (Å²) in [7, 11) is 1.66. The Balaban J connectivity index is 2.34. The fraction of sp³-hybridized carbons (Fsp3) is 0.133. The van der Waals surface area contributed by atoms with E-state index in [0.29, 0.717) is 4.77 Å². The van der Waals surface area contributed by atoms with Crippen LogP contribution in [0.4, 0.5) is 0 Å². The van der Waals surface area contributed by atoms with Crippen molar-refractivity contribution in [2.45, 2.75) is 6.92 Å². The molecule has 0 saturated carbocycles. The quantitative estimate of drug-likeness (QED) is 0.676. The van der Waals surface area contributed by atoms with Crippen molar-refractivity contribution in [3.8, 4) is 11.4 Å². The smallest absolute Gasteiger partial charge is 0.182 e. The van der Waals surface area contributed by atoms with E-state index in [1.54, 1.807) is 7.11 Å². The number of aromatic amines is 1. The predicted octanol–water partition coefficient (Wildman–Crippen LogP) is 4.77. The van der Waals surface area contributed by atoms with E-state index in [9.17, 15) is 0 Å². The second-order valence-corrected chi connectivity index (χ2v) is 5.88. The van der Waals surface area contributed by atoms with Gasteiger partial charge in [-0.3, -0.25) is 4.57 Å². The Hall–Kier alpha value is -1.59. The lowest BCUT2D eigenvalue weighted by Gasteiger charge is -2.09. The van der Waals surface area contributed by atoms with E-state index in [1.807, 2.05) is 28.8 Å². The molecule has 0 amide bonds. The lowest BCUT2D eigenvalue weighted by molar-refractivity contribution is 0.415. The van der Waals surface area contributed by atoms with E-state index in [-0.39, 0.29) is 0 Å². The van der Waals surface area contributed by atoms with Gasteiger partial charge < -0.3 is 9.72 Å². The second kappa shape index (κ2) is 5.07. The number of rotatable bonds is 2. The second-order valence-electron chi connectivity index (χ2n) is 4.58. The maximum Gasteiger partial charge on any atom is 0.182 e. The summed E-state index contributed by atoms with van der Waals surface area (Å²) in [5.74, 6) is 0.815. The van der Waals surface area contributed by atoms with Gasteiger partial charge in [-0.15, -0.1) is 0 Å². The van der Waals surface area contributed by atoms with Crippen molar-refractivity contribution in [3.63, 3.8) is 0 Å². The fourth-order valence-electron chi connectivity index (χ4n) is 2.32. The number of aryl methyl sites for hydroxylation is 1. The van der Waals surface area contributed by atoms with Crippen LogP contribution in [-0.2, 0) is 0 Å². The van der Waals surface area contributed by atoms with Gasteiger partial charge in [-0.05, 0) is 55.0 Å². The number of hydrogen-bond acceptors (Lipinski definition) is 2. The van der Waals surface area contributed by atoms with Gasteiger partial charge in [0.25, 0.3) is 0 Å². The van der Waals surface area contributed by atoms with Crippen LogP contribution in [0.3, 0.4) is 0 Å². The molecule has 3 aromatic rings. The summed E-state index contributed by atoms with van der Waals surface area (Å²) in [4.78, 5) is 3.23. The number of nitrogens with one attached hydrogen (secondary N) is 1. The maximum atomic E-state index is 5.46. The molecule has 0 bridgehead atoms. The molecule has 0 aliphatic heterocycles. The molecular formula is C15H13BrN2OS. The Morgan fingerprint density at radius 2 is 2.00 bits per heavy atom. The summed E-state index contributed by atoms with van der Waals surface area (Å²) in [5, 5.41) is 0. The zero-order valence-electron chi connectivity index (χ0n) is 11.1. The third-order valence-corrected chi connectivity index (χ3v) is 4.07. The number of benzene rings is 2. The van der Waals surface area contributed by atoms with Crippen LogP contribution >= 0.6 is 28.1 Å². The van der Waals surface area contributed by atoms with Crippen LogP contribution in [0.2, 0.25) is 0 Å². The molecule has 20 heavy (non-hydrogen) atoms. The van der Waals surface area contributed by atoms with Crippen molar-refractivity contribution in [1.82, 2.24) is 9.55 Å². The first kappa shape index (κ1) is 13.4. The normalized spacial score (nSPS) is 10.9. The van der Waals surface area contributed by atoms with E-state index >= 15 is 0 Å². The molecule has 3 nitrogen and oxygen atoms in total. The average Bonchev–Trinajstić information content (AvgIpc) is 2.74. The third-order valence-electron chi connectivity index (χ3n) is 3.29. The Labute approximate surface area is 130 Å². The lowest BCUT2D eigenvalue weighted by Crippen LogP contribution is -1.97. The van der Waals surface area contributed by atoms with Gasteiger partial charge in [0, 0.05) is 10.5 Å². The molecule has 0 unspecified atom stereocenters. The highest BCUT2D eigenvalue weighted by atomic mass is 79.9. The van der Waals surface area contributed by atoms with Crippen LogP contribution in [0.1, 0.15) is 5.56 Å². The van der Waals surface area contributed by atoms with Crippen molar-refractivity contribution >= 4 is 39.2 Å². The van der Waals surface area contributed by atoms with Gasteiger partial charge >= 0.3 is 0 Å². The third kappa shape index (κ3) is 2.17. The summed E-state index contributed by atoms with van der Waals surface area (Å²) < 4.78 is 9.08. The molecule has 1 aromatic heterocycles. The zero-order valence-corrected chi connectivity index (χ0v) is 13.5. The number of halogens is 1. The lowest BCUT2D eigenvalue weighted by atomic mass is 10.2. The van der Waals surface area contributed by atoms with Gasteiger partial charge in [-0.2, -0.15) is 0 Å². The van der Waals surface area contributed by atoms with Crippen LogP contribution in [0.5, 0.6) is 5.75 Å². The SMILES string of the molecule is COc1ccc2[nH]c(=S)n(-c3ccc(Br)cc3C)c2c1. The number of H-pyrrole nitrogens is 1. The molecule has 1 heterocycles. The van der Waals surface area contributed by atoms with E-state index in [2.05, 4.69) is 40.0 Å². The molecule has 0 radical (unpaired) electrons. The summed E-state index contributed by atoms with van der Waals surface area (Å²) in [6, 6.07) is 12.0. The van der Waals surface area contributed by atoms with Gasteiger partial charge in [0.1, 0.15) is 5.75 Å². The van der Waals surface area contributed by atoms with E-state index in [1.165, 1.54) is 0 Å². The van der Waals surface area contributed by atoms with Gasteiger partial charge in [-0.25, -0.2) is 0 Å². The Morgan fingerprint density at radius 1 is 1.20 bits per heavy atom. The highest BCUT2D eigenvalue weighted by Crippen LogP contribution is 2.26. The number of aromatic nitrogens is 2. The first-order chi connectivity index (χ1) is 9.60. The average molecular weight is 349 g/mol. The molecule has 2 aromatic carbocycles. The van der Waals surface area contributed by atoms with Crippen molar-refractivity contribution in [1.29, 1.82) is 0 Å². The van der Waals surface area contributed by atoms with Gasteiger partial charge in [0.05, 0.1) is 23.8 Å². The monoisotopic (exact) mass is 348 g/mol. The highest BCUT2D eigenvalue weighted by Gasteiger charge is 2.10. The van der Waals surface area contributed by atoms with Gasteiger partial charge in [0.2, 0.25) is 0 Å². The Morgan fingerprint density at radius 3 is 2.70 bits per heavy atom. The zero-order chi connectivity index (χ0) is 14.3. The van der Waals surface area contributed by atoms with Crippen molar-refractivity contribution < 1.29 is 4.74 Å². The molecule has 0 atom stereocenters. The van der Waals surface area contributed by atoms with Crippen LogP contribution < -0.4 is 4.74 Å². The summed E-state index contributed by atoms with van der Waals surface area (Å²) >= 11 is 8.95. The van der Waals surface area contributed by atoms with Crippen LogP contribution in [0, 0.1) is 11.7 Å². The van der Waals surface area contributed by atoms with Crippen LogP contribution in [0.25, 0.3) is 16.7 Å². The predicted molar refractivity (Wildman–Crippen MR) is 87.4 cm³/mol. The Bertz CT molecular complexity index is 851. The molecule has 0 fully saturated rings. The van der Waals surface area contributed by atoms with Crippen molar-refractivity contribution in [2.24, 2.45) is 0 Å². The van der Waals surface area contributed by atoms with Gasteiger partial charge in [-0.1, -0.05) is 15.9 Å². The largest absolute Gasteiger partial charge is 0.497 e.